The van der Waals surface area contributed by atoms with Gasteiger partial charge in [0.2, 0.25) is 0 Å². The molecule has 31 heavy (non-hydrogen) atoms. The van der Waals surface area contributed by atoms with Crippen LogP contribution in [0.1, 0.15) is 17.2 Å². The van der Waals surface area contributed by atoms with Crippen LogP contribution in [0.15, 0.2) is 72.3 Å². The topological polar surface area (TPSA) is 57.6 Å². The summed E-state index contributed by atoms with van der Waals surface area (Å²) in [4.78, 5) is 26.9. The average Bonchev–Trinajstić information content (AvgIpc) is 3.01. The van der Waals surface area contributed by atoms with Crippen LogP contribution in [0.25, 0.3) is 5.76 Å². The minimum atomic E-state index is -1.17. The third kappa shape index (κ3) is 3.80. The number of Topliss-reactive ketones (excluding diaryl/α,β-unsaturated/α-hetero) is 1. The van der Waals surface area contributed by atoms with Crippen molar-refractivity contribution in [3.05, 3.63) is 105 Å². The molecule has 1 aliphatic heterocycles. The van der Waals surface area contributed by atoms with Crippen LogP contribution in [0.5, 0.6) is 0 Å². The Kier molecular flexibility index (Phi) is 5.52. The largest absolute Gasteiger partial charge is 0.507 e. The SMILES string of the molecule is O=C1C(=O)N(c2ccc(F)c(F)c2)C(c2ccc(Cl)cc2)C1=C(O)c1ccc(Cl)cc1. The van der Waals surface area contributed by atoms with Crippen LogP contribution in [-0.4, -0.2) is 16.8 Å². The number of anilines is 1. The summed E-state index contributed by atoms with van der Waals surface area (Å²) in [6, 6.07) is 14.1. The molecule has 1 amide bonds. The Hall–Kier alpha value is -3.22. The lowest BCUT2D eigenvalue weighted by Gasteiger charge is -2.25. The average molecular weight is 460 g/mol. The third-order valence-corrected chi connectivity index (χ3v) is 5.43. The molecule has 0 spiro atoms. The van der Waals surface area contributed by atoms with Gasteiger partial charge in [-0.2, -0.15) is 0 Å². The first kappa shape index (κ1) is 21.0. The number of hydrogen-bond donors (Lipinski definition) is 1. The van der Waals surface area contributed by atoms with Crippen molar-refractivity contribution in [3.63, 3.8) is 0 Å². The van der Waals surface area contributed by atoms with E-state index in [-0.39, 0.29) is 16.8 Å². The summed E-state index contributed by atoms with van der Waals surface area (Å²) in [5.74, 6) is -4.63. The van der Waals surface area contributed by atoms with Gasteiger partial charge >= 0.3 is 0 Å². The van der Waals surface area contributed by atoms with E-state index in [0.717, 1.165) is 17.0 Å². The van der Waals surface area contributed by atoms with Gasteiger partial charge in [0.05, 0.1) is 11.6 Å². The lowest BCUT2D eigenvalue weighted by Crippen LogP contribution is -2.29. The Labute approximate surface area is 185 Å². The van der Waals surface area contributed by atoms with E-state index in [4.69, 9.17) is 23.2 Å². The highest BCUT2D eigenvalue weighted by Crippen LogP contribution is 2.42. The Morgan fingerprint density at radius 3 is 2.00 bits per heavy atom. The van der Waals surface area contributed by atoms with Gasteiger partial charge in [-0.15, -0.1) is 0 Å². The number of halogens is 4. The summed E-state index contributed by atoms with van der Waals surface area (Å²) >= 11 is 11.9. The lowest BCUT2D eigenvalue weighted by molar-refractivity contribution is -0.132. The van der Waals surface area contributed by atoms with Gasteiger partial charge in [-0.25, -0.2) is 8.78 Å². The number of rotatable bonds is 3. The second-order valence-electron chi connectivity index (χ2n) is 6.83. The Bertz CT molecular complexity index is 1220. The van der Waals surface area contributed by atoms with E-state index in [1.165, 1.54) is 30.3 Å². The van der Waals surface area contributed by atoms with Gasteiger partial charge in [-0.1, -0.05) is 35.3 Å². The highest BCUT2D eigenvalue weighted by atomic mass is 35.5. The molecule has 0 saturated carbocycles. The van der Waals surface area contributed by atoms with Gasteiger partial charge in [-0.3, -0.25) is 14.5 Å². The number of aliphatic hydroxyl groups is 1. The summed E-state index contributed by atoms with van der Waals surface area (Å²) < 4.78 is 27.4. The van der Waals surface area contributed by atoms with Crippen LogP contribution < -0.4 is 4.90 Å². The molecular formula is C23H13Cl2F2NO3. The Morgan fingerprint density at radius 2 is 1.42 bits per heavy atom. The maximum atomic E-state index is 13.9. The van der Waals surface area contributed by atoms with E-state index in [9.17, 15) is 23.5 Å². The highest BCUT2D eigenvalue weighted by molar-refractivity contribution is 6.51. The molecule has 1 aliphatic rings. The molecule has 1 N–H and O–H groups in total. The zero-order chi connectivity index (χ0) is 22.3. The van der Waals surface area contributed by atoms with Crippen LogP contribution in [0.4, 0.5) is 14.5 Å². The van der Waals surface area contributed by atoms with Crippen molar-refractivity contribution in [1.29, 1.82) is 0 Å². The van der Waals surface area contributed by atoms with E-state index >= 15 is 0 Å². The van der Waals surface area contributed by atoms with Crippen molar-refractivity contribution >= 4 is 46.3 Å². The molecule has 4 rings (SSSR count). The fraction of sp³-hybridized carbons (Fsp3) is 0.0435. The molecule has 156 valence electrons. The van der Waals surface area contributed by atoms with Gasteiger partial charge in [0.1, 0.15) is 5.76 Å². The minimum Gasteiger partial charge on any atom is -0.507 e. The van der Waals surface area contributed by atoms with E-state index in [1.54, 1.807) is 24.3 Å². The summed E-state index contributed by atoms with van der Waals surface area (Å²) in [6.07, 6.45) is 0. The van der Waals surface area contributed by atoms with Crippen molar-refractivity contribution < 1.29 is 23.5 Å². The smallest absolute Gasteiger partial charge is 0.300 e. The number of nitrogens with zero attached hydrogens (tertiary/aromatic N) is 1. The molecule has 3 aromatic rings. The van der Waals surface area contributed by atoms with E-state index in [1.807, 2.05) is 0 Å². The predicted octanol–water partition coefficient (Wildman–Crippen LogP) is 5.90. The van der Waals surface area contributed by atoms with Crippen molar-refractivity contribution in [2.75, 3.05) is 4.90 Å². The zero-order valence-electron chi connectivity index (χ0n) is 15.7. The molecule has 1 atom stereocenters. The standard InChI is InChI=1S/C23H13Cl2F2NO3/c24-14-5-1-12(2-6-14)20-19(21(29)13-3-7-15(25)8-4-13)22(30)23(31)28(20)16-9-10-17(26)18(27)11-16/h1-11,20,29H. The summed E-state index contributed by atoms with van der Waals surface area (Å²) in [7, 11) is 0. The summed E-state index contributed by atoms with van der Waals surface area (Å²) in [5.41, 5.74) is 0.492. The molecule has 0 aromatic heterocycles. The van der Waals surface area contributed by atoms with Gasteiger partial charge in [0.15, 0.2) is 11.6 Å². The molecule has 1 saturated heterocycles. The Balaban J connectivity index is 1.95. The van der Waals surface area contributed by atoms with Crippen LogP contribution in [0.2, 0.25) is 10.0 Å². The van der Waals surface area contributed by atoms with E-state index in [0.29, 0.717) is 15.6 Å². The number of carbonyl (C=O) groups excluding carboxylic acids is 2. The van der Waals surface area contributed by atoms with Crippen LogP contribution in [0, 0.1) is 11.6 Å². The quantitative estimate of drug-likeness (QED) is 0.301. The van der Waals surface area contributed by atoms with E-state index in [2.05, 4.69) is 0 Å². The van der Waals surface area contributed by atoms with Gasteiger partial charge in [0.25, 0.3) is 11.7 Å². The summed E-state index contributed by atoms with van der Waals surface area (Å²) in [5, 5.41) is 11.8. The molecule has 1 fully saturated rings. The van der Waals surface area contributed by atoms with Gasteiger partial charge in [0, 0.05) is 27.4 Å². The Morgan fingerprint density at radius 1 is 0.839 bits per heavy atom. The van der Waals surface area contributed by atoms with Gasteiger partial charge in [-0.05, 0) is 54.1 Å². The van der Waals surface area contributed by atoms with Crippen LogP contribution in [-0.2, 0) is 9.59 Å². The zero-order valence-corrected chi connectivity index (χ0v) is 17.2. The number of carbonyl (C=O) groups is 2. The molecule has 1 unspecified atom stereocenters. The van der Waals surface area contributed by atoms with Crippen molar-refractivity contribution in [2.45, 2.75) is 6.04 Å². The first-order valence-corrected chi connectivity index (χ1v) is 9.81. The normalized spacial score (nSPS) is 17.9. The van der Waals surface area contributed by atoms with Crippen LogP contribution >= 0.6 is 23.2 Å². The van der Waals surface area contributed by atoms with Crippen molar-refractivity contribution in [2.24, 2.45) is 0 Å². The molecule has 3 aromatic carbocycles. The fourth-order valence-corrected chi connectivity index (χ4v) is 3.71. The highest BCUT2D eigenvalue weighted by Gasteiger charge is 2.47. The molecule has 0 bridgehead atoms. The maximum Gasteiger partial charge on any atom is 0.300 e. The molecule has 1 heterocycles. The molecular weight excluding hydrogens is 447 g/mol. The third-order valence-electron chi connectivity index (χ3n) is 4.93. The fourth-order valence-electron chi connectivity index (χ4n) is 3.46. The number of ketones is 1. The van der Waals surface area contributed by atoms with Crippen molar-refractivity contribution in [1.82, 2.24) is 0 Å². The predicted molar refractivity (Wildman–Crippen MR) is 114 cm³/mol. The lowest BCUT2D eigenvalue weighted by atomic mass is 9.95. The number of benzene rings is 3. The molecule has 8 heteroatoms. The minimum absolute atomic E-state index is 0.0314. The first-order chi connectivity index (χ1) is 14.8. The molecule has 0 radical (unpaired) electrons. The van der Waals surface area contributed by atoms with Crippen molar-refractivity contribution in [3.8, 4) is 0 Å². The van der Waals surface area contributed by atoms with E-state index < -0.39 is 35.1 Å². The van der Waals surface area contributed by atoms with Crippen LogP contribution in [0.3, 0.4) is 0 Å². The molecule has 0 aliphatic carbocycles. The maximum absolute atomic E-state index is 13.9. The number of amides is 1. The molecule has 4 nitrogen and oxygen atoms in total. The number of aliphatic hydroxyl groups excluding tert-OH is 1. The monoisotopic (exact) mass is 459 g/mol. The first-order valence-electron chi connectivity index (χ1n) is 9.05. The second kappa shape index (κ2) is 8.13. The second-order valence-corrected chi connectivity index (χ2v) is 7.70. The van der Waals surface area contributed by atoms with Gasteiger partial charge < -0.3 is 5.11 Å². The summed E-state index contributed by atoms with van der Waals surface area (Å²) in [6.45, 7) is 0. The number of hydrogen-bond acceptors (Lipinski definition) is 3.